The van der Waals surface area contributed by atoms with Crippen molar-refractivity contribution in [2.45, 2.75) is 44.7 Å². The Morgan fingerprint density at radius 2 is 1.85 bits per heavy atom. The largest absolute Gasteiger partial charge is 0.508 e. The number of methoxy groups -OCH3 is 1. The second-order valence-electron chi connectivity index (χ2n) is 7.26. The third-order valence-corrected chi connectivity index (χ3v) is 7.38. The van der Waals surface area contributed by atoms with Gasteiger partial charge in [-0.1, -0.05) is 40.6 Å². The molecule has 3 nitrogen and oxygen atoms in total. The Labute approximate surface area is 159 Å². The smallest absolute Gasteiger partial charge is 0.119 e. The number of piperidine rings is 1. The summed E-state index contributed by atoms with van der Waals surface area (Å²) in [5.41, 5.74) is 2.35. The maximum Gasteiger partial charge on any atom is 0.119 e. The van der Waals surface area contributed by atoms with Crippen LogP contribution in [0.3, 0.4) is 0 Å². The van der Waals surface area contributed by atoms with E-state index < -0.39 is 0 Å². The van der Waals surface area contributed by atoms with Crippen LogP contribution in [0.5, 0.6) is 11.5 Å². The molecule has 0 amide bonds. The van der Waals surface area contributed by atoms with E-state index in [-0.39, 0.29) is 5.16 Å². The molecule has 1 aliphatic rings. The molecule has 0 aromatic heterocycles. The first-order valence-electron chi connectivity index (χ1n) is 9.57. The van der Waals surface area contributed by atoms with Gasteiger partial charge in [0.25, 0.3) is 0 Å². The minimum Gasteiger partial charge on any atom is -0.508 e. The number of hydrogen-bond acceptors (Lipinski definition) is 3. The third-order valence-electron chi connectivity index (χ3n) is 5.52. The highest BCUT2D eigenvalue weighted by Crippen LogP contribution is 2.49. The van der Waals surface area contributed by atoms with Gasteiger partial charge in [0.2, 0.25) is 0 Å². The Hall–Kier alpha value is -1.73. The van der Waals surface area contributed by atoms with Crippen LogP contribution < -0.4 is 14.9 Å². The number of benzene rings is 2. The molecule has 2 aromatic rings. The number of para-hydroxylation sites is 1. The van der Waals surface area contributed by atoms with Gasteiger partial charge >= 0.3 is 0 Å². The van der Waals surface area contributed by atoms with Gasteiger partial charge in [-0.05, 0) is 55.3 Å². The van der Waals surface area contributed by atoms with E-state index in [1.807, 2.05) is 12.1 Å². The summed E-state index contributed by atoms with van der Waals surface area (Å²) in [4.78, 5) is 2.54. The van der Waals surface area contributed by atoms with E-state index in [1.165, 1.54) is 30.3 Å². The van der Waals surface area contributed by atoms with Gasteiger partial charge in [-0.15, -0.1) is 0 Å². The van der Waals surface area contributed by atoms with Gasteiger partial charge in [0.1, 0.15) is 11.5 Å². The number of phenols is 1. The van der Waals surface area contributed by atoms with Gasteiger partial charge < -0.3 is 14.7 Å². The maximum absolute atomic E-state index is 10.5. The van der Waals surface area contributed by atoms with E-state index in [9.17, 15) is 5.11 Å². The molecular weight excluding hydrogens is 341 g/mol. The zero-order chi connectivity index (χ0) is 18.6. The van der Waals surface area contributed by atoms with Gasteiger partial charge in [-0.2, -0.15) is 0 Å². The molecule has 2 unspecified atom stereocenters. The molecule has 1 aliphatic heterocycles. The number of hydrogen-bond donors (Lipinski definition) is 1. The highest BCUT2D eigenvalue weighted by Gasteiger charge is 2.30. The van der Waals surface area contributed by atoms with Crippen molar-refractivity contribution in [2.24, 2.45) is 0 Å². The summed E-state index contributed by atoms with van der Waals surface area (Å²) in [5, 5.41) is 11.8. The molecule has 140 valence electrons. The molecule has 0 saturated carbocycles. The van der Waals surface area contributed by atoms with Gasteiger partial charge in [-0.3, -0.25) is 0 Å². The van der Waals surface area contributed by atoms with Crippen molar-refractivity contribution in [1.82, 2.24) is 0 Å². The van der Waals surface area contributed by atoms with Crippen LogP contribution in [0.1, 0.15) is 45.1 Å². The maximum atomic E-state index is 10.5. The van der Waals surface area contributed by atoms with Crippen LogP contribution in [0.25, 0.3) is 0 Å². The molecule has 0 spiro atoms. The zero-order valence-corrected chi connectivity index (χ0v) is 17.1. The lowest BCUT2D eigenvalue weighted by molar-refractivity contribution is 0.408. The zero-order valence-electron chi connectivity index (χ0n) is 16.1. The van der Waals surface area contributed by atoms with Crippen LogP contribution in [-0.4, -0.2) is 25.3 Å². The van der Waals surface area contributed by atoms with Crippen LogP contribution in [0.15, 0.2) is 42.5 Å². The van der Waals surface area contributed by atoms with Crippen LogP contribution in [0.2, 0.25) is 0 Å². The van der Waals surface area contributed by atoms with Crippen molar-refractivity contribution in [3.8, 4) is 11.5 Å². The number of phenolic OH excluding ortho intramolecular Hbond substituents is 1. The molecule has 26 heavy (non-hydrogen) atoms. The predicted octanol–water partition coefficient (Wildman–Crippen LogP) is 5.02. The van der Waals surface area contributed by atoms with Crippen molar-refractivity contribution in [3.05, 3.63) is 48.0 Å². The minimum absolute atomic E-state index is 0.121. The summed E-state index contributed by atoms with van der Waals surface area (Å²) in [7, 11) is 2.26. The summed E-state index contributed by atoms with van der Waals surface area (Å²) < 4.78 is 5.40. The van der Waals surface area contributed by atoms with Gasteiger partial charge in [-0.25, -0.2) is 0 Å². The minimum atomic E-state index is -0.121. The van der Waals surface area contributed by atoms with Crippen molar-refractivity contribution in [2.75, 3.05) is 25.1 Å². The fourth-order valence-electron chi connectivity index (χ4n) is 3.72. The Balaban J connectivity index is 1.95. The highest BCUT2D eigenvalue weighted by molar-refractivity contribution is 7.49. The lowest BCUT2D eigenvalue weighted by atomic mass is 9.96. The quantitative estimate of drug-likeness (QED) is 0.724. The third kappa shape index (κ3) is 3.99. The molecule has 2 aromatic carbocycles. The molecule has 1 heterocycles. The van der Waals surface area contributed by atoms with Crippen LogP contribution >= 0.6 is 8.58 Å². The Bertz CT molecular complexity index is 743. The second-order valence-corrected chi connectivity index (χ2v) is 9.15. The monoisotopic (exact) mass is 371 g/mol. The van der Waals surface area contributed by atoms with Crippen molar-refractivity contribution >= 4 is 19.6 Å². The number of anilines is 1. The highest BCUT2D eigenvalue weighted by atomic mass is 31.1. The van der Waals surface area contributed by atoms with E-state index in [2.05, 4.69) is 43.0 Å². The van der Waals surface area contributed by atoms with Gasteiger partial charge in [0.15, 0.2) is 0 Å². The molecule has 0 radical (unpaired) electrons. The van der Waals surface area contributed by atoms with Crippen molar-refractivity contribution < 1.29 is 9.84 Å². The fraction of sp³-hybridized carbons (Fsp3) is 0.455. The fourth-order valence-corrected chi connectivity index (χ4v) is 5.37. The van der Waals surface area contributed by atoms with Crippen LogP contribution in [0, 0.1) is 0 Å². The number of rotatable bonds is 6. The molecule has 0 aliphatic carbocycles. The van der Waals surface area contributed by atoms with Gasteiger partial charge in [0.05, 0.1) is 7.11 Å². The molecule has 1 fully saturated rings. The summed E-state index contributed by atoms with van der Waals surface area (Å²) in [6, 6.07) is 14.4. The number of ether oxygens (including phenoxy) is 1. The van der Waals surface area contributed by atoms with E-state index in [4.69, 9.17) is 4.74 Å². The summed E-state index contributed by atoms with van der Waals surface area (Å²) >= 11 is 0. The van der Waals surface area contributed by atoms with Crippen molar-refractivity contribution in [1.29, 1.82) is 0 Å². The predicted molar refractivity (Wildman–Crippen MR) is 113 cm³/mol. The van der Waals surface area contributed by atoms with Crippen LogP contribution in [0.4, 0.5) is 5.69 Å². The molecule has 3 rings (SSSR count). The van der Waals surface area contributed by atoms with Crippen molar-refractivity contribution in [3.63, 3.8) is 0 Å². The molecule has 4 heteroatoms. The SMILES string of the molecule is CCC(C)(Pc1ccccc1N1CCCCC1)c1cc(OC)ccc1O. The lowest BCUT2D eigenvalue weighted by Gasteiger charge is -2.34. The Kier molecular flexibility index (Phi) is 6.09. The normalized spacial score (nSPS) is 17.4. The van der Waals surface area contributed by atoms with E-state index in [0.717, 1.165) is 30.8 Å². The molecule has 2 atom stereocenters. The van der Waals surface area contributed by atoms with Crippen LogP contribution in [-0.2, 0) is 5.16 Å². The molecule has 0 bridgehead atoms. The Morgan fingerprint density at radius 1 is 1.12 bits per heavy atom. The molecule has 1 N–H and O–H groups in total. The first-order valence-corrected chi connectivity index (χ1v) is 10.6. The summed E-state index contributed by atoms with van der Waals surface area (Å²) in [5.74, 6) is 1.16. The second kappa shape index (κ2) is 8.31. The number of aromatic hydroxyl groups is 1. The average Bonchev–Trinajstić information content (AvgIpc) is 2.69. The van der Waals surface area contributed by atoms with Gasteiger partial charge in [0, 0.05) is 29.5 Å². The average molecular weight is 371 g/mol. The first kappa shape index (κ1) is 19.0. The first-order chi connectivity index (χ1) is 12.6. The molecular formula is C22H30NO2P. The lowest BCUT2D eigenvalue weighted by Crippen LogP contribution is -2.33. The topological polar surface area (TPSA) is 32.7 Å². The van der Waals surface area contributed by atoms with E-state index in [0.29, 0.717) is 14.3 Å². The Morgan fingerprint density at radius 3 is 2.54 bits per heavy atom. The summed E-state index contributed by atoms with van der Waals surface area (Å²) in [6.45, 7) is 6.76. The van der Waals surface area contributed by atoms with E-state index >= 15 is 0 Å². The number of nitrogens with zero attached hydrogens (tertiary/aromatic N) is 1. The standard InChI is InChI=1S/C22H30NO2P/c1-4-22(2,18-16-17(25-3)12-13-20(18)24)26-21-11-7-6-10-19(21)23-14-8-5-9-15-23/h6-7,10-13,16,24,26H,4-5,8-9,14-15H2,1-3H3. The van der Waals surface area contributed by atoms with E-state index in [1.54, 1.807) is 13.2 Å². The molecule has 1 saturated heterocycles. The summed E-state index contributed by atoms with van der Waals surface area (Å²) in [6.07, 6.45) is 4.85.